The first-order valence-electron chi connectivity index (χ1n) is 7.64. The molecule has 0 bridgehead atoms. The molecule has 0 saturated heterocycles. The van der Waals surface area contributed by atoms with Gasteiger partial charge in [-0.2, -0.15) is 0 Å². The van der Waals surface area contributed by atoms with E-state index in [1.807, 2.05) is 0 Å². The van der Waals surface area contributed by atoms with Crippen molar-refractivity contribution < 1.29 is 27.1 Å². The number of rotatable bonds is 6. The molecule has 0 aliphatic carbocycles. The van der Waals surface area contributed by atoms with E-state index in [0.717, 1.165) is 18.2 Å². The third-order valence-electron chi connectivity index (χ3n) is 3.49. The first-order valence-corrected chi connectivity index (χ1v) is 9.50. The molecule has 0 saturated carbocycles. The van der Waals surface area contributed by atoms with Crippen LogP contribution >= 0.6 is 11.6 Å². The van der Waals surface area contributed by atoms with Gasteiger partial charge in [-0.25, -0.2) is 22.3 Å². The highest BCUT2D eigenvalue weighted by molar-refractivity contribution is 7.89. The SMILES string of the molecule is CNS(=O)(=O)c1cccc(C(=O)O[C@@H](C)C(=O)Nc2ccc(F)cc2Cl)c1. The number of halogens is 2. The summed E-state index contributed by atoms with van der Waals surface area (Å²) in [6.07, 6.45) is -1.21. The fourth-order valence-electron chi connectivity index (χ4n) is 2.02. The molecule has 0 aromatic heterocycles. The van der Waals surface area contributed by atoms with E-state index < -0.39 is 33.8 Å². The second-order valence-corrected chi connectivity index (χ2v) is 7.69. The fourth-order valence-corrected chi connectivity index (χ4v) is 3.01. The number of amides is 1. The van der Waals surface area contributed by atoms with Gasteiger partial charge in [0, 0.05) is 0 Å². The van der Waals surface area contributed by atoms with Crippen LogP contribution in [-0.2, 0) is 19.6 Å². The van der Waals surface area contributed by atoms with E-state index in [0.29, 0.717) is 0 Å². The number of hydrogen-bond acceptors (Lipinski definition) is 5. The van der Waals surface area contributed by atoms with Gasteiger partial charge in [0.2, 0.25) is 10.0 Å². The molecular formula is C17H16ClFN2O5S. The van der Waals surface area contributed by atoms with Crippen molar-refractivity contribution in [1.82, 2.24) is 4.72 Å². The summed E-state index contributed by atoms with van der Waals surface area (Å²) in [5.41, 5.74) is 0.124. The molecule has 0 heterocycles. The van der Waals surface area contributed by atoms with Crippen LogP contribution in [0, 0.1) is 5.82 Å². The zero-order valence-corrected chi connectivity index (χ0v) is 15.9. The number of benzene rings is 2. The molecule has 2 N–H and O–H groups in total. The second-order valence-electron chi connectivity index (χ2n) is 5.40. The van der Waals surface area contributed by atoms with Crippen LogP contribution in [0.3, 0.4) is 0 Å². The number of esters is 1. The van der Waals surface area contributed by atoms with Gasteiger partial charge in [0.05, 0.1) is 21.2 Å². The van der Waals surface area contributed by atoms with Gasteiger partial charge in [-0.15, -0.1) is 0 Å². The number of anilines is 1. The molecule has 144 valence electrons. The first-order chi connectivity index (χ1) is 12.6. The maximum absolute atomic E-state index is 13.0. The van der Waals surface area contributed by atoms with E-state index in [9.17, 15) is 22.4 Å². The molecule has 0 radical (unpaired) electrons. The minimum Gasteiger partial charge on any atom is -0.449 e. The number of ether oxygens (including phenoxy) is 1. The van der Waals surface area contributed by atoms with Gasteiger partial charge in [0.1, 0.15) is 5.82 Å². The fraction of sp³-hybridized carbons (Fsp3) is 0.176. The third-order valence-corrected chi connectivity index (χ3v) is 5.22. The molecule has 7 nitrogen and oxygen atoms in total. The average Bonchev–Trinajstić information content (AvgIpc) is 2.63. The molecule has 10 heteroatoms. The van der Waals surface area contributed by atoms with Crippen molar-refractivity contribution in [2.24, 2.45) is 0 Å². The summed E-state index contributed by atoms with van der Waals surface area (Å²) in [7, 11) is -2.49. The van der Waals surface area contributed by atoms with Gasteiger partial charge in [0.15, 0.2) is 6.10 Å². The lowest BCUT2D eigenvalue weighted by atomic mass is 10.2. The molecule has 0 fully saturated rings. The lowest BCUT2D eigenvalue weighted by molar-refractivity contribution is -0.123. The Bertz CT molecular complexity index is 981. The van der Waals surface area contributed by atoms with Crippen molar-refractivity contribution >= 4 is 39.2 Å². The van der Waals surface area contributed by atoms with Crippen LogP contribution in [0.25, 0.3) is 0 Å². The maximum Gasteiger partial charge on any atom is 0.338 e. The van der Waals surface area contributed by atoms with Crippen LogP contribution in [0.4, 0.5) is 10.1 Å². The molecule has 0 spiro atoms. The Morgan fingerprint density at radius 1 is 1.19 bits per heavy atom. The quantitative estimate of drug-likeness (QED) is 0.707. The van der Waals surface area contributed by atoms with Crippen LogP contribution < -0.4 is 10.0 Å². The average molecular weight is 415 g/mol. The highest BCUT2D eigenvalue weighted by Gasteiger charge is 2.21. The minimum atomic E-state index is -3.73. The summed E-state index contributed by atoms with van der Waals surface area (Å²) in [5.74, 6) is -2.12. The van der Waals surface area contributed by atoms with Crippen LogP contribution in [-0.4, -0.2) is 33.4 Å². The van der Waals surface area contributed by atoms with Crippen LogP contribution in [0.2, 0.25) is 5.02 Å². The molecule has 2 aromatic carbocycles. The Kier molecular flexibility index (Phi) is 6.53. The Morgan fingerprint density at radius 2 is 1.89 bits per heavy atom. The summed E-state index contributed by atoms with van der Waals surface area (Å²) in [6.45, 7) is 1.33. The predicted octanol–water partition coefficient (Wildman–Crippen LogP) is 2.57. The van der Waals surface area contributed by atoms with Gasteiger partial charge >= 0.3 is 5.97 Å². The zero-order chi connectivity index (χ0) is 20.2. The monoisotopic (exact) mass is 414 g/mol. The van der Waals surface area contributed by atoms with E-state index in [4.69, 9.17) is 16.3 Å². The Morgan fingerprint density at radius 3 is 2.52 bits per heavy atom. The second kappa shape index (κ2) is 8.47. The molecule has 1 atom stereocenters. The molecular weight excluding hydrogens is 399 g/mol. The van der Waals surface area contributed by atoms with Crippen molar-refractivity contribution in [3.63, 3.8) is 0 Å². The summed E-state index contributed by atoms with van der Waals surface area (Å²) in [6, 6.07) is 8.61. The lowest BCUT2D eigenvalue weighted by Crippen LogP contribution is -2.30. The van der Waals surface area contributed by atoms with E-state index in [1.165, 1.54) is 38.2 Å². The van der Waals surface area contributed by atoms with Gasteiger partial charge in [0.25, 0.3) is 5.91 Å². The zero-order valence-electron chi connectivity index (χ0n) is 14.3. The van der Waals surface area contributed by atoms with Crippen molar-refractivity contribution in [3.8, 4) is 0 Å². The number of carbonyl (C=O) groups is 2. The number of hydrogen-bond donors (Lipinski definition) is 2. The summed E-state index contributed by atoms with van der Waals surface area (Å²) in [5, 5.41) is 2.41. The Balaban J connectivity index is 2.09. The summed E-state index contributed by atoms with van der Waals surface area (Å²) < 4.78 is 43.8. The van der Waals surface area contributed by atoms with Crippen molar-refractivity contribution in [3.05, 3.63) is 58.9 Å². The van der Waals surface area contributed by atoms with Crippen LogP contribution in [0.1, 0.15) is 17.3 Å². The summed E-state index contributed by atoms with van der Waals surface area (Å²) in [4.78, 5) is 24.2. The molecule has 0 aliphatic rings. The molecule has 2 aromatic rings. The molecule has 2 rings (SSSR count). The Labute approximate surface area is 160 Å². The number of sulfonamides is 1. The number of nitrogens with one attached hydrogen (secondary N) is 2. The van der Waals surface area contributed by atoms with Crippen molar-refractivity contribution in [1.29, 1.82) is 0 Å². The van der Waals surface area contributed by atoms with Crippen LogP contribution in [0.15, 0.2) is 47.4 Å². The van der Waals surface area contributed by atoms with Gasteiger partial charge < -0.3 is 10.1 Å². The number of carbonyl (C=O) groups excluding carboxylic acids is 2. The first kappa shape index (κ1) is 20.8. The van der Waals surface area contributed by atoms with Gasteiger partial charge in [-0.3, -0.25) is 4.79 Å². The molecule has 0 aliphatic heterocycles. The smallest absolute Gasteiger partial charge is 0.338 e. The van der Waals surface area contributed by atoms with Crippen LogP contribution in [0.5, 0.6) is 0 Å². The third kappa shape index (κ3) is 5.25. The van der Waals surface area contributed by atoms with Crippen molar-refractivity contribution in [2.45, 2.75) is 17.9 Å². The molecule has 1 amide bonds. The highest BCUT2D eigenvalue weighted by atomic mass is 35.5. The minimum absolute atomic E-state index is 0.00755. The van der Waals surface area contributed by atoms with Gasteiger partial charge in [-0.1, -0.05) is 17.7 Å². The van der Waals surface area contributed by atoms with E-state index in [-0.39, 0.29) is 21.2 Å². The van der Waals surface area contributed by atoms with Crippen molar-refractivity contribution in [2.75, 3.05) is 12.4 Å². The lowest BCUT2D eigenvalue weighted by Gasteiger charge is -2.14. The highest BCUT2D eigenvalue weighted by Crippen LogP contribution is 2.22. The van der Waals surface area contributed by atoms with E-state index >= 15 is 0 Å². The standard InChI is InChI=1S/C17H16ClFN2O5S/c1-10(16(22)21-15-7-6-12(19)9-14(15)18)26-17(23)11-4-3-5-13(8-11)27(24,25)20-2/h3-10,20H,1-2H3,(H,21,22)/t10-/m0/s1. The topological polar surface area (TPSA) is 102 Å². The summed E-state index contributed by atoms with van der Waals surface area (Å²) >= 11 is 5.83. The largest absolute Gasteiger partial charge is 0.449 e. The van der Waals surface area contributed by atoms with E-state index in [1.54, 1.807) is 0 Å². The molecule has 0 unspecified atom stereocenters. The Hall–Kier alpha value is -2.49. The molecule has 27 heavy (non-hydrogen) atoms. The maximum atomic E-state index is 13.0. The van der Waals surface area contributed by atoms with E-state index in [2.05, 4.69) is 10.0 Å². The predicted molar refractivity (Wildman–Crippen MR) is 97.6 cm³/mol. The normalized spacial score (nSPS) is 12.3. The van der Waals surface area contributed by atoms with Gasteiger partial charge in [-0.05, 0) is 50.4 Å².